The van der Waals surface area contributed by atoms with Gasteiger partial charge in [-0.3, -0.25) is 0 Å². The van der Waals surface area contributed by atoms with Gasteiger partial charge < -0.3 is 5.32 Å². The Morgan fingerprint density at radius 3 is 2.76 bits per heavy atom. The van der Waals surface area contributed by atoms with E-state index >= 15 is 0 Å². The van der Waals surface area contributed by atoms with Crippen molar-refractivity contribution in [2.45, 2.75) is 37.9 Å². The van der Waals surface area contributed by atoms with Crippen LogP contribution >= 0.6 is 11.5 Å². The number of hydrogen-bond acceptors (Lipinski definition) is 4. The Hall–Kier alpha value is -1.63. The van der Waals surface area contributed by atoms with E-state index < -0.39 is 11.7 Å². The van der Waals surface area contributed by atoms with Crippen LogP contribution in [-0.4, -0.2) is 9.36 Å². The molecule has 1 aliphatic rings. The van der Waals surface area contributed by atoms with Crippen LogP contribution in [0, 0.1) is 0 Å². The summed E-state index contributed by atoms with van der Waals surface area (Å²) in [5.74, 6) is 1.32. The number of halogens is 3. The van der Waals surface area contributed by atoms with Crippen LogP contribution in [0.3, 0.4) is 0 Å². The minimum Gasteiger partial charge on any atom is -0.354 e. The van der Waals surface area contributed by atoms with Crippen molar-refractivity contribution in [2.75, 3.05) is 5.32 Å². The second-order valence-corrected chi connectivity index (χ2v) is 5.97. The van der Waals surface area contributed by atoms with Gasteiger partial charge in [-0.1, -0.05) is 12.1 Å². The number of anilines is 1. The average molecular weight is 313 g/mol. The van der Waals surface area contributed by atoms with E-state index in [1.807, 2.05) is 6.92 Å². The van der Waals surface area contributed by atoms with Gasteiger partial charge in [-0.05, 0) is 37.5 Å². The van der Waals surface area contributed by atoms with Crippen molar-refractivity contribution in [1.29, 1.82) is 0 Å². The highest BCUT2D eigenvalue weighted by molar-refractivity contribution is 7.09. The molecule has 0 aliphatic heterocycles. The Kier molecular flexibility index (Phi) is 3.61. The Balaban J connectivity index is 1.73. The lowest BCUT2D eigenvalue weighted by molar-refractivity contribution is -0.137. The summed E-state index contributed by atoms with van der Waals surface area (Å²) < 4.78 is 42.4. The van der Waals surface area contributed by atoms with Gasteiger partial charge >= 0.3 is 6.18 Å². The Labute approximate surface area is 124 Å². The minimum absolute atomic E-state index is 0.257. The van der Waals surface area contributed by atoms with Crippen LogP contribution in [0.25, 0.3) is 0 Å². The first kappa shape index (κ1) is 14.3. The fraction of sp³-hybridized carbons (Fsp3) is 0.429. The summed E-state index contributed by atoms with van der Waals surface area (Å²) in [6.45, 7) is 1.81. The van der Waals surface area contributed by atoms with E-state index in [9.17, 15) is 13.2 Å². The number of nitrogens with one attached hydrogen (secondary N) is 1. The van der Waals surface area contributed by atoms with Crippen molar-refractivity contribution in [3.63, 3.8) is 0 Å². The van der Waals surface area contributed by atoms with Crippen molar-refractivity contribution in [3.8, 4) is 0 Å². The zero-order valence-electron chi connectivity index (χ0n) is 11.3. The van der Waals surface area contributed by atoms with Gasteiger partial charge in [0.2, 0.25) is 5.13 Å². The van der Waals surface area contributed by atoms with Gasteiger partial charge in [0.05, 0.1) is 11.6 Å². The predicted molar refractivity (Wildman–Crippen MR) is 75.4 cm³/mol. The zero-order valence-corrected chi connectivity index (χ0v) is 12.1. The fourth-order valence-corrected chi connectivity index (χ4v) is 2.79. The van der Waals surface area contributed by atoms with Crippen LogP contribution in [0.1, 0.15) is 48.7 Å². The topological polar surface area (TPSA) is 37.8 Å². The summed E-state index contributed by atoms with van der Waals surface area (Å²) in [7, 11) is 0. The van der Waals surface area contributed by atoms with E-state index in [0.717, 1.165) is 24.7 Å². The van der Waals surface area contributed by atoms with Crippen molar-refractivity contribution in [3.05, 3.63) is 41.2 Å². The lowest BCUT2D eigenvalue weighted by Crippen LogP contribution is -2.10. The summed E-state index contributed by atoms with van der Waals surface area (Å²) >= 11 is 1.26. The van der Waals surface area contributed by atoms with Gasteiger partial charge in [0.25, 0.3) is 0 Å². The molecule has 1 aromatic heterocycles. The van der Waals surface area contributed by atoms with Gasteiger partial charge in [0.1, 0.15) is 5.82 Å². The quantitative estimate of drug-likeness (QED) is 0.896. The first-order valence-electron chi connectivity index (χ1n) is 6.71. The third-order valence-electron chi connectivity index (χ3n) is 3.44. The van der Waals surface area contributed by atoms with E-state index in [2.05, 4.69) is 14.7 Å². The first-order chi connectivity index (χ1) is 9.93. The third-order valence-corrected chi connectivity index (χ3v) is 4.10. The summed E-state index contributed by atoms with van der Waals surface area (Å²) in [4.78, 5) is 4.38. The second kappa shape index (κ2) is 5.29. The van der Waals surface area contributed by atoms with Crippen LogP contribution in [0.5, 0.6) is 0 Å². The maximum atomic E-state index is 12.7. The van der Waals surface area contributed by atoms with Crippen LogP contribution in [0.15, 0.2) is 24.3 Å². The van der Waals surface area contributed by atoms with Gasteiger partial charge in [0.15, 0.2) is 0 Å². The minimum atomic E-state index is -4.32. The van der Waals surface area contributed by atoms with Crippen molar-refractivity contribution in [2.24, 2.45) is 0 Å². The first-order valence-corrected chi connectivity index (χ1v) is 7.48. The van der Waals surface area contributed by atoms with Gasteiger partial charge in [-0.25, -0.2) is 4.98 Å². The molecule has 1 aromatic carbocycles. The highest BCUT2D eigenvalue weighted by Gasteiger charge is 2.31. The fourth-order valence-electron chi connectivity index (χ4n) is 2.05. The lowest BCUT2D eigenvalue weighted by atomic mass is 10.1. The molecule has 0 radical (unpaired) electrons. The normalized spacial score (nSPS) is 16.8. The van der Waals surface area contributed by atoms with Crippen molar-refractivity contribution < 1.29 is 13.2 Å². The van der Waals surface area contributed by atoms with Crippen LogP contribution in [0.2, 0.25) is 0 Å². The molecule has 0 spiro atoms. The highest BCUT2D eigenvalue weighted by Crippen LogP contribution is 2.39. The van der Waals surface area contributed by atoms with Crippen LogP contribution < -0.4 is 5.32 Å². The van der Waals surface area contributed by atoms with Gasteiger partial charge in [-0.15, -0.1) is 0 Å². The molecule has 2 aromatic rings. The Morgan fingerprint density at radius 2 is 2.10 bits per heavy atom. The maximum Gasteiger partial charge on any atom is 0.416 e. The standard InChI is InChI=1S/C14H14F3N3S/c1-8(10-3-2-4-11(7-10)14(15,16)17)18-13-19-12(20-21-13)9-5-6-9/h2-4,7-9H,5-6H2,1H3,(H,18,19,20). The summed E-state index contributed by atoms with van der Waals surface area (Å²) in [6, 6.07) is 5.08. The molecule has 21 heavy (non-hydrogen) atoms. The second-order valence-electron chi connectivity index (χ2n) is 5.22. The maximum absolute atomic E-state index is 12.7. The zero-order chi connectivity index (χ0) is 15.0. The molecule has 0 amide bonds. The number of alkyl halides is 3. The molecule has 112 valence electrons. The predicted octanol–water partition coefficient (Wildman–Crippen LogP) is 4.61. The highest BCUT2D eigenvalue weighted by atomic mass is 32.1. The van der Waals surface area contributed by atoms with E-state index in [1.54, 1.807) is 6.07 Å². The van der Waals surface area contributed by atoms with Crippen LogP contribution in [-0.2, 0) is 6.18 Å². The third kappa shape index (κ3) is 3.34. The number of benzene rings is 1. The van der Waals surface area contributed by atoms with E-state index in [1.165, 1.54) is 23.7 Å². The Bertz CT molecular complexity index is 634. The monoisotopic (exact) mass is 313 g/mol. The Morgan fingerprint density at radius 1 is 1.33 bits per heavy atom. The van der Waals surface area contributed by atoms with Crippen molar-refractivity contribution >= 4 is 16.7 Å². The van der Waals surface area contributed by atoms with E-state index in [-0.39, 0.29) is 6.04 Å². The molecule has 1 unspecified atom stereocenters. The summed E-state index contributed by atoms with van der Waals surface area (Å²) in [5.41, 5.74) is -0.0578. The molecule has 0 saturated heterocycles. The van der Waals surface area contributed by atoms with Gasteiger partial charge in [0, 0.05) is 17.5 Å². The molecule has 1 atom stereocenters. The lowest BCUT2D eigenvalue weighted by Gasteiger charge is -2.15. The number of rotatable bonds is 4. The molecule has 3 rings (SSSR count). The smallest absolute Gasteiger partial charge is 0.354 e. The molecule has 0 bridgehead atoms. The molecule has 1 N–H and O–H groups in total. The molecular weight excluding hydrogens is 299 g/mol. The molecule has 1 saturated carbocycles. The molecule has 1 aliphatic carbocycles. The number of nitrogens with zero attached hydrogens (tertiary/aromatic N) is 2. The molecule has 3 nitrogen and oxygen atoms in total. The van der Waals surface area contributed by atoms with Gasteiger partial charge in [-0.2, -0.15) is 17.5 Å². The molecular formula is C14H14F3N3S. The van der Waals surface area contributed by atoms with E-state index in [4.69, 9.17) is 0 Å². The van der Waals surface area contributed by atoms with E-state index in [0.29, 0.717) is 16.6 Å². The number of hydrogen-bond donors (Lipinski definition) is 1. The average Bonchev–Trinajstić information content (AvgIpc) is 3.19. The van der Waals surface area contributed by atoms with Crippen molar-refractivity contribution in [1.82, 2.24) is 9.36 Å². The summed E-state index contributed by atoms with van der Waals surface area (Å²) in [5, 5.41) is 3.77. The van der Waals surface area contributed by atoms with Crippen LogP contribution in [0.4, 0.5) is 18.3 Å². The summed E-state index contributed by atoms with van der Waals surface area (Å²) in [6.07, 6.45) is -2.07. The molecule has 1 heterocycles. The number of aromatic nitrogens is 2. The molecule has 7 heteroatoms. The SMILES string of the molecule is CC(Nc1nc(C2CC2)ns1)c1cccc(C(F)(F)F)c1. The molecule has 1 fully saturated rings. The largest absolute Gasteiger partial charge is 0.416 e.